The number of ketones is 1. The summed E-state index contributed by atoms with van der Waals surface area (Å²) in [5, 5.41) is 9.46. The van der Waals surface area contributed by atoms with Crippen LogP contribution in [0.25, 0.3) is 0 Å². The van der Waals surface area contributed by atoms with Crippen molar-refractivity contribution in [3.05, 3.63) is 27.8 Å². The van der Waals surface area contributed by atoms with E-state index in [-0.39, 0.29) is 11.3 Å². The molecule has 0 fully saturated rings. The molecule has 82 valence electrons. The van der Waals surface area contributed by atoms with Gasteiger partial charge in [-0.1, -0.05) is 13.3 Å². The number of Topliss-reactive ketones (excluding diaryl/α,β-unsaturated/α-hetero) is 1. The van der Waals surface area contributed by atoms with E-state index in [4.69, 9.17) is 4.42 Å². The van der Waals surface area contributed by atoms with Crippen molar-refractivity contribution in [3.8, 4) is 5.75 Å². The number of aryl methyl sites for hydroxylation is 1. The van der Waals surface area contributed by atoms with Crippen LogP contribution in [0.1, 0.15) is 42.8 Å². The van der Waals surface area contributed by atoms with Crippen LogP contribution in [-0.2, 0) is 6.42 Å². The Hall–Kier alpha value is -1.58. The van der Waals surface area contributed by atoms with Gasteiger partial charge in [0, 0.05) is 12.5 Å². The van der Waals surface area contributed by atoms with Crippen LogP contribution in [-0.4, -0.2) is 10.9 Å². The van der Waals surface area contributed by atoms with E-state index in [1.54, 1.807) is 0 Å². The van der Waals surface area contributed by atoms with E-state index in [9.17, 15) is 14.7 Å². The molecule has 1 aromatic rings. The monoisotopic (exact) mass is 210 g/mol. The molecule has 0 radical (unpaired) electrons. The third-order valence-electron chi connectivity index (χ3n) is 2.11. The highest BCUT2D eigenvalue weighted by Gasteiger charge is 2.14. The van der Waals surface area contributed by atoms with Crippen molar-refractivity contribution in [2.24, 2.45) is 0 Å². The maximum atomic E-state index is 11.3. The highest BCUT2D eigenvalue weighted by Crippen LogP contribution is 2.16. The summed E-state index contributed by atoms with van der Waals surface area (Å²) >= 11 is 0. The summed E-state index contributed by atoms with van der Waals surface area (Å²) in [7, 11) is 0. The van der Waals surface area contributed by atoms with Crippen LogP contribution < -0.4 is 5.63 Å². The van der Waals surface area contributed by atoms with Gasteiger partial charge in [-0.15, -0.1) is 0 Å². The summed E-state index contributed by atoms with van der Waals surface area (Å²) in [4.78, 5) is 22.3. The van der Waals surface area contributed by atoms with Gasteiger partial charge in [-0.05, 0) is 13.3 Å². The number of aromatic hydroxyl groups is 1. The van der Waals surface area contributed by atoms with Gasteiger partial charge >= 0.3 is 5.63 Å². The normalized spacial score (nSPS) is 10.3. The molecular formula is C11H14O4. The summed E-state index contributed by atoms with van der Waals surface area (Å²) in [6.45, 7) is 3.24. The van der Waals surface area contributed by atoms with Crippen LogP contribution in [0, 0.1) is 0 Å². The van der Waals surface area contributed by atoms with Crippen molar-refractivity contribution in [2.75, 3.05) is 0 Å². The Morgan fingerprint density at radius 3 is 2.67 bits per heavy atom. The highest BCUT2D eigenvalue weighted by molar-refractivity contribution is 5.96. The molecule has 1 aromatic heterocycles. The predicted molar refractivity (Wildman–Crippen MR) is 55.3 cm³/mol. The molecule has 0 aromatic carbocycles. The number of unbranched alkanes of at least 4 members (excludes halogenated alkanes) is 1. The van der Waals surface area contributed by atoms with E-state index in [1.807, 2.05) is 6.92 Å². The zero-order valence-corrected chi connectivity index (χ0v) is 8.87. The van der Waals surface area contributed by atoms with Crippen LogP contribution in [0.3, 0.4) is 0 Å². The molecule has 0 unspecified atom stereocenters. The molecule has 4 nitrogen and oxygen atoms in total. The first-order valence-corrected chi connectivity index (χ1v) is 4.93. The fraction of sp³-hybridized carbons (Fsp3) is 0.455. The Bertz CT molecular complexity index is 417. The zero-order chi connectivity index (χ0) is 11.4. The van der Waals surface area contributed by atoms with E-state index in [0.29, 0.717) is 12.2 Å². The minimum absolute atomic E-state index is 0.268. The minimum Gasteiger partial charge on any atom is -0.507 e. The molecule has 0 saturated heterocycles. The predicted octanol–water partition coefficient (Wildman–Crippen LogP) is 1.89. The van der Waals surface area contributed by atoms with Crippen LogP contribution >= 0.6 is 0 Å². The summed E-state index contributed by atoms with van der Waals surface area (Å²) < 4.78 is 4.92. The summed E-state index contributed by atoms with van der Waals surface area (Å²) in [6.07, 6.45) is 2.44. The van der Waals surface area contributed by atoms with Crippen molar-refractivity contribution in [1.82, 2.24) is 0 Å². The molecule has 0 spiro atoms. The Balaban J connectivity index is 3.09. The summed E-state index contributed by atoms with van der Waals surface area (Å²) in [6, 6.07) is 1.34. The highest BCUT2D eigenvalue weighted by atomic mass is 16.4. The van der Waals surface area contributed by atoms with Crippen molar-refractivity contribution in [1.29, 1.82) is 0 Å². The average Bonchev–Trinajstić information content (AvgIpc) is 2.12. The van der Waals surface area contributed by atoms with Gasteiger partial charge in [-0.3, -0.25) is 4.79 Å². The van der Waals surface area contributed by atoms with E-state index in [2.05, 4.69) is 0 Å². The van der Waals surface area contributed by atoms with Gasteiger partial charge in [0.25, 0.3) is 0 Å². The van der Waals surface area contributed by atoms with Gasteiger partial charge in [0.15, 0.2) is 5.78 Å². The molecule has 0 aliphatic heterocycles. The fourth-order valence-corrected chi connectivity index (χ4v) is 1.33. The molecule has 1 heterocycles. The number of hydrogen-bond acceptors (Lipinski definition) is 4. The Morgan fingerprint density at radius 1 is 1.53 bits per heavy atom. The van der Waals surface area contributed by atoms with Gasteiger partial charge in [0.05, 0.1) is 0 Å². The first-order chi connectivity index (χ1) is 7.06. The zero-order valence-electron chi connectivity index (χ0n) is 8.87. The van der Waals surface area contributed by atoms with Gasteiger partial charge < -0.3 is 9.52 Å². The maximum absolute atomic E-state index is 11.3. The molecule has 0 amide bonds. The molecule has 4 heteroatoms. The molecule has 0 atom stereocenters. The molecule has 0 bridgehead atoms. The lowest BCUT2D eigenvalue weighted by atomic mass is 10.1. The number of rotatable bonds is 4. The van der Waals surface area contributed by atoms with Crippen molar-refractivity contribution < 1.29 is 14.3 Å². The Labute approximate surface area is 87.5 Å². The van der Waals surface area contributed by atoms with Gasteiger partial charge in [0.1, 0.15) is 17.1 Å². The first kappa shape index (κ1) is 11.5. The van der Waals surface area contributed by atoms with Crippen molar-refractivity contribution in [3.63, 3.8) is 0 Å². The van der Waals surface area contributed by atoms with Crippen molar-refractivity contribution >= 4 is 5.78 Å². The second-order valence-electron chi connectivity index (χ2n) is 3.42. The summed E-state index contributed by atoms with van der Waals surface area (Å²) in [5.74, 6) is -0.350. The molecule has 1 rings (SSSR count). The van der Waals surface area contributed by atoms with E-state index in [1.165, 1.54) is 13.0 Å². The molecule has 0 aliphatic carbocycles. The van der Waals surface area contributed by atoms with Crippen LogP contribution in [0.15, 0.2) is 15.3 Å². The van der Waals surface area contributed by atoms with E-state index < -0.39 is 11.4 Å². The topological polar surface area (TPSA) is 67.5 Å². The minimum atomic E-state index is -0.756. The third kappa shape index (κ3) is 2.68. The molecule has 0 saturated carbocycles. The van der Waals surface area contributed by atoms with Gasteiger partial charge in [-0.25, -0.2) is 4.79 Å². The average molecular weight is 210 g/mol. The van der Waals surface area contributed by atoms with Crippen LogP contribution in [0.5, 0.6) is 5.75 Å². The van der Waals surface area contributed by atoms with Gasteiger partial charge in [-0.2, -0.15) is 0 Å². The lowest BCUT2D eigenvalue weighted by Gasteiger charge is -2.02. The quantitative estimate of drug-likeness (QED) is 0.770. The molecule has 15 heavy (non-hydrogen) atoms. The number of carbonyl (C=O) groups is 1. The maximum Gasteiger partial charge on any atom is 0.350 e. The molecular weight excluding hydrogens is 196 g/mol. The standard InChI is InChI=1S/C11H14O4/c1-3-4-5-8-6-9(13)10(7(2)12)11(14)15-8/h6,13H,3-5H2,1-2H3. The molecule has 0 aliphatic rings. The second kappa shape index (κ2) is 4.77. The van der Waals surface area contributed by atoms with Crippen LogP contribution in [0.2, 0.25) is 0 Å². The largest absolute Gasteiger partial charge is 0.507 e. The molecule has 1 N–H and O–H groups in total. The lowest BCUT2D eigenvalue weighted by Crippen LogP contribution is -2.12. The SMILES string of the molecule is CCCCc1cc(O)c(C(C)=O)c(=O)o1. The van der Waals surface area contributed by atoms with Crippen molar-refractivity contribution in [2.45, 2.75) is 33.1 Å². The second-order valence-corrected chi connectivity index (χ2v) is 3.42. The van der Waals surface area contributed by atoms with E-state index in [0.717, 1.165) is 12.8 Å². The first-order valence-electron chi connectivity index (χ1n) is 4.93. The van der Waals surface area contributed by atoms with Gasteiger partial charge in [0.2, 0.25) is 0 Å². The van der Waals surface area contributed by atoms with E-state index >= 15 is 0 Å². The number of hydrogen-bond donors (Lipinski definition) is 1. The third-order valence-corrected chi connectivity index (χ3v) is 2.11. The lowest BCUT2D eigenvalue weighted by molar-refractivity contribution is 0.101. The number of carbonyl (C=O) groups excluding carboxylic acids is 1. The Kier molecular flexibility index (Phi) is 3.66. The Morgan fingerprint density at radius 2 is 2.20 bits per heavy atom. The van der Waals surface area contributed by atoms with Crippen LogP contribution in [0.4, 0.5) is 0 Å². The fourth-order valence-electron chi connectivity index (χ4n) is 1.33. The smallest absolute Gasteiger partial charge is 0.350 e. The summed E-state index contributed by atoms with van der Waals surface area (Å²) in [5.41, 5.74) is -1.02.